The van der Waals surface area contributed by atoms with E-state index >= 15 is 0 Å². The van der Waals surface area contributed by atoms with Crippen LogP contribution >= 0.6 is 0 Å². The molecule has 4 rings (SSSR count). The molecular weight excluding hydrogens is 372 g/mol. The Bertz CT molecular complexity index is 936. The fraction of sp³-hybridized carbons (Fsp3) is 0.381. The number of hydrogen-bond donors (Lipinski definition) is 1. The second kappa shape index (κ2) is 9.49. The van der Waals surface area contributed by atoms with Gasteiger partial charge in [0.25, 0.3) is 6.47 Å². The number of benzene rings is 1. The summed E-state index contributed by atoms with van der Waals surface area (Å²) >= 11 is 0. The van der Waals surface area contributed by atoms with E-state index in [0.29, 0.717) is 19.8 Å². The lowest BCUT2D eigenvalue weighted by atomic mass is 10.0. The van der Waals surface area contributed by atoms with Gasteiger partial charge >= 0.3 is 0 Å². The largest absolute Gasteiger partial charge is 0.483 e. The minimum atomic E-state index is -0.250. The molecule has 0 bridgehead atoms. The Morgan fingerprint density at radius 3 is 2.76 bits per heavy atom. The van der Waals surface area contributed by atoms with Crippen molar-refractivity contribution in [2.45, 2.75) is 32.9 Å². The van der Waals surface area contributed by atoms with E-state index in [0.717, 1.165) is 17.1 Å². The Labute approximate surface area is 169 Å². The predicted molar refractivity (Wildman–Crippen MR) is 108 cm³/mol. The maximum Gasteiger partial charge on any atom is 0.290 e. The van der Waals surface area contributed by atoms with Gasteiger partial charge < -0.3 is 19.1 Å². The zero-order valence-electron chi connectivity index (χ0n) is 16.9. The van der Waals surface area contributed by atoms with Gasteiger partial charge in [0.2, 0.25) is 0 Å². The van der Waals surface area contributed by atoms with Crippen LogP contribution < -0.4 is 0 Å². The molecule has 1 saturated heterocycles. The summed E-state index contributed by atoms with van der Waals surface area (Å²) in [6.07, 6.45) is 7.68. The predicted octanol–water partition coefficient (Wildman–Crippen LogP) is 3.03. The quantitative estimate of drug-likeness (QED) is 0.664. The lowest BCUT2D eigenvalue weighted by molar-refractivity contribution is -0.122. The Hall–Kier alpha value is -2.97. The van der Waals surface area contributed by atoms with E-state index in [2.05, 4.69) is 40.6 Å². The zero-order valence-corrected chi connectivity index (χ0v) is 16.9. The lowest BCUT2D eigenvalue weighted by Crippen LogP contribution is -2.26. The third-order valence-corrected chi connectivity index (χ3v) is 4.83. The van der Waals surface area contributed by atoms with Gasteiger partial charge in [0.15, 0.2) is 0 Å². The topological polar surface area (TPSA) is 91.4 Å². The third kappa shape index (κ3) is 4.38. The number of aryl methyl sites for hydroxylation is 2. The number of imidazole rings is 1. The number of ether oxygens (including phenoxy) is 2. The van der Waals surface area contributed by atoms with Gasteiger partial charge in [0, 0.05) is 37.0 Å². The molecule has 154 valence electrons. The summed E-state index contributed by atoms with van der Waals surface area (Å²) in [5.41, 5.74) is 4.49. The maximum absolute atomic E-state index is 8.36. The van der Waals surface area contributed by atoms with E-state index in [-0.39, 0.29) is 18.6 Å². The number of aromatic nitrogens is 4. The average molecular weight is 398 g/mol. The van der Waals surface area contributed by atoms with Crippen molar-refractivity contribution in [2.24, 2.45) is 0 Å². The average Bonchev–Trinajstić information content (AvgIpc) is 3.43. The third-order valence-electron chi connectivity index (χ3n) is 4.83. The molecule has 2 atom stereocenters. The van der Waals surface area contributed by atoms with Crippen molar-refractivity contribution in [3.05, 3.63) is 54.1 Å². The summed E-state index contributed by atoms with van der Waals surface area (Å²) in [6, 6.07) is 6.41. The standard InChI is InChI=1S/C20H24N4O2.CH2O2/c1-4-26-18-13-25-12-17(18)23-9-7-21-20(23)16-11-14(2)10-15(3)19(16)24-8-5-6-22-24;2-1-3/h5-11,17-18H,4,12-13H2,1-3H3;1H,(H,2,3)/t17-,18-;/m0./s1. The zero-order chi connectivity index (χ0) is 20.8. The Kier molecular flexibility index (Phi) is 6.79. The van der Waals surface area contributed by atoms with Crippen LogP contribution in [0.4, 0.5) is 0 Å². The molecule has 1 fully saturated rings. The summed E-state index contributed by atoms with van der Waals surface area (Å²) in [5, 5.41) is 11.3. The highest BCUT2D eigenvalue weighted by Gasteiger charge is 2.32. The molecule has 3 heterocycles. The number of rotatable bonds is 5. The molecule has 1 aromatic carbocycles. The van der Waals surface area contributed by atoms with Gasteiger partial charge in [-0.25, -0.2) is 9.67 Å². The second-order valence-electron chi connectivity index (χ2n) is 6.79. The fourth-order valence-electron chi connectivity index (χ4n) is 3.78. The first kappa shape index (κ1) is 20.8. The molecule has 8 heteroatoms. The Morgan fingerprint density at radius 2 is 2.07 bits per heavy atom. The molecule has 0 spiro atoms. The van der Waals surface area contributed by atoms with Crippen molar-refractivity contribution in [3.63, 3.8) is 0 Å². The van der Waals surface area contributed by atoms with Gasteiger partial charge in [-0.2, -0.15) is 5.10 Å². The van der Waals surface area contributed by atoms with E-state index < -0.39 is 0 Å². The minimum absolute atomic E-state index is 0.0482. The lowest BCUT2D eigenvalue weighted by Gasteiger charge is -2.22. The number of hydrogen-bond acceptors (Lipinski definition) is 5. The highest BCUT2D eigenvalue weighted by Crippen LogP contribution is 2.33. The SMILES string of the molecule is CCO[C@H]1COC[C@@H]1n1ccnc1-c1cc(C)cc(C)c1-n1cccn1.O=CO. The highest BCUT2D eigenvalue weighted by atomic mass is 16.5. The van der Waals surface area contributed by atoms with Crippen molar-refractivity contribution >= 4 is 6.47 Å². The molecule has 0 aliphatic carbocycles. The highest BCUT2D eigenvalue weighted by molar-refractivity contribution is 5.71. The van der Waals surface area contributed by atoms with Crippen LogP contribution in [0, 0.1) is 13.8 Å². The number of nitrogens with zero attached hydrogens (tertiary/aromatic N) is 4. The molecule has 1 aliphatic rings. The van der Waals surface area contributed by atoms with Crippen molar-refractivity contribution in [2.75, 3.05) is 19.8 Å². The van der Waals surface area contributed by atoms with Crippen LogP contribution in [-0.4, -0.2) is 56.8 Å². The van der Waals surface area contributed by atoms with Crippen LogP contribution in [0.15, 0.2) is 43.0 Å². The molecular formula is C21H26N4O4. The molecule has 29 heavy (non-hydrogen) atoms. The Morgan fingerprint density at radius 1 is 1.28 bits per heavy atom. The van der Waals surface area contributed by atoms with Crippen molar-refractivity contribution in [3.8, 4) is 17.1 Å². The van der Waals surface area contributed by atoms with Gasteiger partial charge in [-0.15, -0.1) is 0 Å². The van der Waals surface area contributed by atoms with Crippen molar-refractivity contribution < 1.29 is 19.4 Å². The first-order chi connectivity index (χ1) is 14.1. The van der Waals surface area contributed by atoms with E-state index in [1.165, 1.54) is 11.1 Å². The summed E-state index contributed by atoms with van der Waals surface area (Å²) in [7, 11) is 0. The van der Waals surface area contributed by atoms with Crippen LogP contribution in [0.5, 0.6) is 0 Å². The van der Waals surface area contributed by atoms with Gasteiger partial charge in [-0.3, -0.25) is 4.79 Å². The first-order valence-corrected chi connectivity index (χ1v) is 9.52. The molecule has 1 N–H and O–H groups in total. The van der Waals surface area contributed by atoms with E-state index in [1.807, 2.05) is 36.3 Å². The van der Waals surface area contributed by atoms with Crippen LogP contribution in [0.25, 0.3) is 17.1 Å². The molecule has 0 unspecified atom stereocenters. The molecule has 0 amide bonds. The van der Waals surface area contributed by atoms with Crippen LogP contribution in [0.1, 0.15) is 24.1 Å². The molecule has 3 aromatic rings. The fourth-order valence-corrected chi connectivity index (χ4v) is 3.78. The van der Waals surface area contributed by atoms with Crippen LogP contribution in [-0.2, 0) is 14.3 Å². The summed E-state index contributed by atoms with van der Waals surface area (Å²) in [5.74, 6) is 0.919. The molecule has 2 aromatic heterocycles. The van der Waals surface area contributed by atoms with Crippen molar-refractivity contribution in [1.29, 1.82) is 0 Å². The van der Waals surface area contributed by atoms with Crippen LogP contribution in [0.2, 0.25) is 0 Å². The molecule has 0 saturated carbocycles. The number of carboxylic acid groups (broad SMARTS) is 1. The van der Waals surface area contributed by atoms with Gasteiger partial charge in [-0.05, 0) is 44.0 Å². The van der Waals surface area contributed by atoms with Crippen LogP contribution in [0.3, 0.4) is 0 Å². The molecule has 0 radical (unpaired) electrons. The maximum atomic E-state index is 8.36. The second-order valence-corrected chi connectivity index (χ2v) is 6.79. The molecule has 8 nitrogen and oxygen atoms in total. The minimum Gasteiger partial charge on any atom is -0.483 e. The van der Waals surface area contributed by atoms with Gasteiger partial charge in [-0.1, -0.05) is 6.07 Å². The van der Waals surface area contributed by atoms with Crippen molar-refractivity contribution in [1.82, 2.24) is 19.3 Å². The summed E-state index contributed by atoms with van der Waals surface area (Å²) < 4.78 is 15.7. The monoisotopic (exact) mass is 398 g/mol. The first-order valence-electron chi connectivity index (χ1n) is 9.52. The summed E-state index contributed by atoms with van der Waals surface area (Å²) in [6.45, 7) is 7.92. The normalized spacial score (nSPS) is 18.3. The van der Waals surface area contributed by atoms with E-state index in [9.17, 15) is 0 Å². The number of carbonyl (C=O) groups is 1. The van der Waals surface area contributed by atoms with E-state index in [4.69, 9.17) is 19.4 Å². The van der Waals surface area contributed by atoms with E-state index in [1.54, 1.807) is 6.20 Å². The Balaban J connectivity index is 0.000000755. The molecule has 1 aliphatic heterocycles. The van der Waals surface area contributed by atoms with Gasteiger partial charge in [0.05, 0.1) is 24.9 Å². The van der Waals surface area contributed by atoms with Gasteiger partial charge in [0.1, 0.15) is 11.9 Å². The smallest absolute Gasteiger partial charge is 0.290 e. The summed E-state index contributed by atoms with van der Waals surface area (Å²) in [4.78, 5) is 13.1.